The molecular formula is C19H20ClF3N4O2. The van der Waals surface area contributed by atoms with Gasteiger partial charge in [0.1, 0.15) is 6.54 Å². The predicted molar refractivity (Wildman–Crippen MR) is 107 cm³/mol. The normalized spacial score (nSPS) is 11.3. The second-order valence-corrected chi connectivity index (χ2v) is 6.27. The Morgan fingerprint density at radius 2 is 1.72 bits per heavy atom. The third-order valence-electron chi connectivity index (χ3n) is 4.38. The van der Waals surface area contributed by atoms with Crippen LogP contribution in [0.3, 0.4) is 0 Å². The number of benzene rings is 2. The van der Waals surface area contributed by atoms with Gasteiger partial charge in [-0.2, -0.15) is 13.2 Å². The Morgan fingerprint density at radius 1 is 1.10 bits per heavy atom. The number of rotatable bonds is 5. The minimum absolute atomic E-state index is 0. The zero-order chi connectivity index (χ0) is 20.5. The molecule has 0 saturated carbocycles. The van der Waals surface area contributed by atoms with E-state index >= 15 is 0 Å². The van der Waals surface area contributed by atoms with Gasteiger partial charge < -0.3 is 11.1 Å². The first-order valence-corrected chi connectivity index (χ1v) is 8.63. The smallest absolute Gasteiger partial charge is 0.326 e. The van der Waals surface area contributed by atoms with E-state index < -0.39 is 17.6 Å². The van der Waals surface area contributed by atoms with Crippen molar-refractivity contribution in [3.63, 3.8) is 0 Å². The first kappa shape index (κ1) is 22.5. The molecule has 0 atom stereocenters. The number of nitrogens with one attached hydrogen (secondary N) is 1. The van der Waals surface area contributed by atoms with Gasteiger partial charge in [0.25, 0.3) is 0 Å². The van der Waals surface area contributed by atoms with E-state index in [1.54, 1.807) is 24.3 Å². The lowest BCUT2D eigenvalue weighted by atomic mass is 10.1. The van der Waals surface area contributed by atoms with E-state index in [1.807, 2.05) is 6.92 Å². The summed E-state index contributed by atoms with van der Waals surface area (Å²) in [6, 6.07) is 10.2. The van der Waals surface area contributed by atoms with Gasteiger partial charge in [-0.1, -0.05) is 12.1 Å². The van der Waals surface area contributed by atoms with E-state index in [1.165, 1.54) is 15.2 Å². The third-order valence-corrected chi connectivity index (χ3v) is 4.38. The number of alkyl halides is 3. The van der Waals surface area contributed by atoms with Crippen LogP contribution in [0, 0.1) is 0 Å². The van der Waals surface area contributed by atoms with Crippen molar-refractivity contribution < 1.29 is 18.0 Å². The van der Waals surface area contributed by atoms with Crippen LogP contribution in [0.1, 0.15) is 18.1 Å². The number of nitrogens with zero attached hydrogens (tertiary/aromatic N) is 2. The van der Waals surface area contributed by atoms with Gasteiger partial charge in [0.05, 0.1) is 16.6 Å². The maximum absolute atomic E-state index is 13.0. The molecule has 0 aliphatic heterocycles. The van der Waals surface area contributed by atoms with Gasteiger partial charge in [-0.05, 0) is 42.8 Å². The highest BCUT2D eigenvalue weighted by atomic mass is 35.5. The largest absolute Gasteiger partial charge is 0.416 e. The molecule has 0 aliphatic rings. The molecule has 6 nitrogen and oxygen atoms in total. The number of imidazole rings is 1. The number of aromatic nitrogens is 2. The van der Waals surface area contributed by atoms with Gasteiger partial charge in [-0.25, -0.2) is 4.79 Å². The number of nitrogens with two attached hydrogens (primary N) is 1. The molecule has 2 aromatic carbocycles. The Hall–Kier alpha value is -2.78. The summed E-state index contributed by atoms with van der Waals surface area (Å²) in [4.78, 5) is 25.0. The fraction of sp³-hybridized carbons (Fsp3) is 0.263. The van der Waals surface area contributed by atoms with Crippen molar-refractivity contribution in [3.8, 4) is 0 Å². The molecule has 0 unspecified atom stereocenters. The number of hydrogen-bond donors (Lipinski definition) is 2. The molecule has 0 radical (unpaired) electrons. The van der Waals surface area contributed by atoms with Gasteiger partial charge >= 0.3 is 11.9 Å². The Morgan fingerprint density at radius 3 is 2.28 bits per heavy atom. The van der Waals surface area contributed by atoms with E-state index in [0.29, 0.717) is 17.6 Å². The third kappa shape index (κ3) is 4.63. The maximum Gasteiger partial charge on any atom is 0.416 e. The fourth-order valence-electron chi connectivity index (χ4n) is 3.12. The molecule has 1 aromatic heterocycles. The van der Waals surface area contributed by atoms with Crippen LogP contribution in [0.2, 0.25) is 0 Å². The zero-order valence-electron chi connectivity index (χ0n) is 15.5. The van der Waals surface area contributed by atoms with Crippen LogP contribution in [-0.2, 0) is 30.6 Å². The summed E-state index contributed by atoms with van der Waals surface area (Å²) in [5.74, 6) is -0.608. The Kier molecular flexibility index (Phi) is 6.76. The zero-order valence-corrected chi connectivity index (χ0v) is 16.3. The molecule has 0 fully saturated rings. The topological polar surface area (TPSA) is 82.0 Å². The lowest BCUT2D eigenvalue weighted by Gasteiger charge is -2.12. The first-order chi connectivity index (χ1) is 13.2. The predicted octanol–water partition coefficient (Wildman–Crippen LogP) is 3.36. The molecule has 1 amide bonds. The first-order valence-electron chi connectivity index (χ1n) is 8.63. The molecule has 0 aliphatic carbocycles. The minimum atomic E-state index is -4.56. The van der Waals surface area contributed by atoms with Crippen LogP contribution < -0.4 is 16.7 Å². The van der Waals surface area contributed by atoms with Crippen molar-refractivity contribution in [1.82, 2.24) is 9.13 Å². The average Bonchev–Trinajstić information content (AvgIpc) is 2.92. The number of halogens is 4. The van der Waals surface area contributed by atoms with Crippen molar-refractivity contribution in [2.45, 2.75) is 32.7 Å². The van der Waals surface area contributed by atoms with Gasteiger partial charge in [-0.15, -0.1) is 12.4 Å². The average molecular weight is 429 g/mol. The molecule has 0 spiro atoms. The maximum atomic E-state index is 13.0. The number of fused-ring (bicyclic) bond motifs is 1. The van der Waals surface area contributed by atoms with Crippen LogP contribution in [0.25, 0.3) is 11.0 Å². The van der Waals surface area contributed by atoms with E-state index in [2.05, 4.69) is 5.32 Å². The Labute approximate surface area is 170 Å². The van der Waals surface area contributed by atoms with Gasteiger partial charge in [0.2, 0.25) is 5.91 Å². The lowest BCUT2D eigenvalue weighted by Crippen LogP contribution is -2.29. The second kappa shape index (κ2) is 8.71. The van der Waals surface area contributed by atoms with Crippen LogP contribution in [0.15, 0.2) is 47.3 Å². The molecule has 29 heavy (non-hydrogen) atoms. The lowest BCUT2D eigenvalue weighted by molar-refractivity contribution is -0.137. The SMILES string of the molecule is CCn1c(=O)n(CC(=O)Nc2cc(CN)cc(C(F)(F)F)c2)c2ccccc21.Cl. The van der Waals surface area contributed by atoms with Crippen molar-refractivity contribution >= 4 is 35.0 Å². The number of hydrogen-bond acceptors (Lipinski definition) is 3. The molecular weight excluding hydrogens is 409 g/mol. The summed E-state index contributed by atoms with van der Waals surface area (Å²) in [5, 5.41) is 2.43. The molecule has 1 heterocycles. The molecule has 156 valence electrons. The van der Waals surface area contributed by atoms with Gasteiger partial charge in [0.15, 0.2) is 0 Å². The van der Waals surface area contributed by atoms with Crippen molar-refractivity contribution in [2.24, 2.45) is 5.73 Å². The number of amides is 1. The van der Waals surface area contributed by atoms with Crippen LogP contribution >= 0.6 is 12.4 Å². The minimum Gasteiger partial charge on any atom is -0.326 e. The fourth-order valence-corrected chi connectivity index (χ4v) is 3.12. The summed E-state index contributed by atoms with van der Waals surface area (Å²) in [5.41, 5.74) is 5.69. The van der Waals surface area contributed by atoms with E-state index in [4.69, 9.17) is 5.73 Å². The molecule has 0 saturated heterocycles. The number of carbonyl (C=O) groups excluding carboxylic acids is 1. The summed E-state index contributed by atoms with van der Waals surface area (Å²) in [7, 11) is 0. The number of para-hydroxylation sites is 2. The van der Waals surface area contributed by atoms with Crippen LogP contribution in [0.5, 0.6) is 0 Å². The van der Waals surface area contributed by atoms with Crippen LogP contribution in [0.4, 0.5) is 18.9 Å². The van der Waals surface area contributed by atoms with Gasteiger partial charge in [-0.3, -0.25) is 13.9 Å². The van der Waals surface area contributed by atoms with Crippen molar-refractivity contribution in [1.29, 1.82) is 0 Å². The summed E-state index contributed by atoms with van der Waals surface area (Å²) < 4.78 is 41.9. The highest BCUT2D eigenvalue weighted by molar-refractivity contribution is 5.91. The monoisotopic (exact) mass is 428 g/mol. The molecule has 3 rings (SSSR count). The molecule has 3 aromatic rings. The highest BCUT2D eigenvalue weighted by Crippen LogP contribution is 2.32. The second-order valence-electron chi connectivity index (χ2n) is 6.27. The Bertz CT molecular complexity index is 1090. The van der Waals surface area contributed by atoms with Crippen molar-refractivity contribution in [3.05, 3.63) is 64.1 Å². The highest BCUT2D eigenvalue weighted by Gasteiger charge is 2.31. The number of carbonyl (C=O) groups is 1. The van der Waals surface area contributed by atoms with Crippen molar-refractivity contribution in [2.75, 3.05) is 5.32 Å². The molecule has 0 bridgehead atoms. The van der Waals surface area contributed by atoms with Crippen LogP contribution in [-0.4, -0.2) is 15.0 Å². The molecule has 3 N–H and O–H groups in total. The standard InChI is InChI=1S/C19H19F3N4O2.ClH/c1-2-25-15-5-3-4-6-16(15)26(18(25)28)11-17(27)24-14-8-12(10-23)7-13(9-14)19(20,21)22;/h3-9H,2,10-11,23H2,1H3,(H,24,27);1H. The summed E-state index contributed by atoms with van der Waals surface area (Å²) in [6.45, 7) is 1.83. The Balaban J connectivity index is 0.00000300. The number of anilines is 1. The van der Waals surface area contributed by atoms with Gasteiger partial charge in [0, 0.05) is 18.8 Å². The van der Waals surface area contributed by atoms with E-state index in [-0.39, 0.29) is 42.4 Å². The molecule has 10 heteroatoms. The van der Waals surface area contributed by atoms with E-state index in [9.17, 15) is 22.8 Å². The quantitative estimate of drug-likeness (QED) is 0.653. The van der Waals surface area contributed by atoms with E-state index in [0.717, 1.165) is 12.1 Å². The summed E-state index contributed by atoms with van der Waals surface area (Å²) in [6.07, 6.45) is -4.56. The number of aryl methyl sites for hydroxylation is 1. The summed E-state index contributed by atoms with van der Waals surface area (Å²) >= 11 is 0.